The standard InChI is InChI=1S/C12H17NO6S/c1-13(8-9-4-6-18-7-5-9)20(16,17)11-3-2-10(19-11)12(14)15/h2-3,9H,4-8H2,1H3,(H,14,15). The molecule has 0 atom stereocenters. The van der Waals surface area contributed by atoms with Crippen LogP contribution in [0.5, 0.6) is 0 Å². The molecule has 1 N–H and O–H groups in total. The fourth-order valence-electron chi connectivity index (χ4n) is 2.12. The van der Waals surface area contributed by atoms with E-state index in [4.69, 9.17) is 14.3 Å². The summed E-state index contributed by atoms with van der Waals surface area (Å²) in [5.41, 5.74) is 0. The van der Waals surface area contributed by atoms with Gasteiger partial charge in [-0.15, -0.1) is 0 Å². The van der Waals surface area contributed by atoms with E-state index in [2.05, 4.69) is 0 Å². The molecule has 0 saturated carbocycles. The molecule has 2 rings (SSSR count). The van der Waals surface area contributed by atoms with Crippen LogP contribution in [0.2, 0.25) is 0 Å². The maximum atomic E-state index is 12.2. The monoisotopic (exact) mass is 303 g/mol. The zero-order chi connectivity index (χ0) is 14.8. The third kappa shape index (κ3) is 3.20. The van der Waals surface area contributed by atoms with E-state index in [0.717, 1.165) is 18.9 Å². The minimum Gasteiger partial charge on any atom is -0.475 e. The first-order chi connectivity index (χ1) is 9.41. The summed E-state index contributed by atoms with van der Waals surface area (Å²) in [4.78, 5) is 10.7. The van der Waals surface area contributed by atoms with Crippen LogP contribution in [0.3, 0.4) is 0 Å². The smallest absolute Gasteiger partial charge is 0.371 e. The molecule has 0 bridgehead atoms. The van der Waals surface area contributed by atoms with Crippen molar-refractivity contribution in [2.24, 2.45) is 5.92 Å². The van der Waals surface area contributed by atoms with Gasteiger partial charge in [-0.25, -0.2) is 13.2 Å². The number of ether oxygens (including phenoxy) is 1. The van der Waals surface area contributed by atoms with E-state index in [1.807, 2.05) is 0 Å². The Kier molecular flexibility index (Phi) is 4.46. The van der Waals surface area contributed by atoms with Crippen molar-refractivity contribution >= 4 is 16.0 Å². The number of aromatic carboxylic acids is 1. The van der Waals surface area contributed by atoms with Gasteiger partial charge in [0.2, 0.25) is 10.9 Å². The Bertz CT molecular complexity index is 573. The maximum absolute atomic E-state index is 12.2. The van der Waals surface area contributed by atoms with Crippen LogP contribution in [0.15, 0.2) is 21.6 Å². The maximum Gasteiger partial charge on any atom is 0.371 e. The zero-order valence-electron chi connectivity index (χ0n) is 11.1. The van der Waals surface area contributed by atoms with Crippen LogP contribution in [0.25, 0.3) is 0 Å². The molecule has 7 nitrogen and oxygen atoms in total. The van der Waals surface area contributed by atoms with Crippen LogP contribution in [0.1, 0.15) is 23.4 Å². The molecule has 0 aliphatic carbocycles. The second-order valence-corrected chi connectivity index (χ2v) is 6.74. The highest BCUT2D eigenvalue weighted by molar-refractivity contribution is 7.89. The van der Waals surface area contributed by atoms with Gasteiger partial charge in [0.15, 0.2) is 0 Å². The van der Waals surface area contributed by atoms with Crippen LogP contribution >= 0.6 is 0 Å². The Hall–Kier alpha value is -1.38. The molecule has 1 aromatic rings. The highest BCUT2D eigenvalue weighted by atomic mass is 32.2. The summed E-state index contributed by atoms with van der Waals surface area (Å²) in [6.07, 6.45) is 1.64. The third-order valence-electron chi connectivity index (χ3n) is 3.31. The molecule has 1 aromatic heterocycles. The predicted molar refractivity (Wildman–Crippen MR) is 69.0 cm³/mol. The molecule has 1 aliphatic rings. The number of carbonyl (C=O) groups is 1. The molecular formula is C12H17NO6S. The van der Waals surface area contributed by atoms with E-state index in [1.165, 1.54) is 17.4 Å². The summed E-state index contributed by atoms with van der Waals surface area (Å²) >= 11 is 0. The number of sulfonamides is 1. The van der Waals surface area contributed by atoms with Crippen LogP contribution in [-0.2, 0) is 14.8 Å². The summed E-state index contributed by atoms with van der Waals surface area (Å²) in [6, 6.07) is 2.30. The van der Waals surface area contributed by atoms with Crippen molar-refractivity contribution in [3.8, 4) is 0 Å². The van der Waals surface area contributed by atoms with Gasteiger partial charge in [-0.1, -0.05) is 0 Å². The topological polar surface area (TPSA) is 97.0 Å². The van der Waals surface area contributed by atoms with Crippen molar-refractivity contribution in [2.75, 3.05) is 26.8 Å². The lowest BCUT2D eigenvalue weighted by molar-refractivity contribution is 0.0617. The lowest BCUT2D eigenvalue weighted by Gasteiger charge is -2.26. The molecule has 112 valence electrons. The Labute approximate surface area is 117 Å². The van der Waals surface area contributed by atoms with Gasteiger partial charge in [0, 0.05) is 26.8 Å². The average molecular weight is 303 g/mol. The molecule has 0 aromatic carbocycles. The van der Waals surface area contributed by atoms with E-state index in [1.54, 1.807) is 0 Å². The number of nitrogens with zero attached hydrogens (tertiary/aromatic N) is 1. The Morgan fingerprint density at radius 3 is 2.60 bits per heavy atom. The first kappa shape index (κ1) is 15.0. The lowest BCUT2D eigenvalue weighted by Crippen LogP contribution is -2.34. The molecule has 20 heavy (non-hydrogen) atoms. The molecule has 8 heteroatoms. The van der Waals surface area contributed by atoms with Crippen LogP contribution in [0.4, 0.5) is 0 Å². The van der Waals surface area contributed by atoms with E-state index in [0.29, 0.717) is 19.8 Å². The molecule has 2 heterocycles. The van der Waals surface area contributed by atoms with Crippen molar-refractivity contribution in [3.63, 3.8) is 0 Å². The van der Waals surface area contributed by atoms with E-state index in [-0.39, 0.29) is 16.8 Å². The molecule has 0 spiro atoms. The normalized spacial score (nSPS) is 17.5. The fraction of sp³-hybridized carbons (Fsp3) is 0.583. The van der Waals surface area contributed by atoms with Crippen LogP contribution in [-0.4, -0.2) is 50.6 Å². The third-order valence-corrected chi connectivity index (χ3v) is 5.01. The van der Waals surface area contributed by atoms with E-state index >= 15 is 0 Å². The number of hydrogen-bond donors (Lipinski definition) is 1. The molecule has 1 fully saturated rings. The minimum atomic E-state index is -3.79. The van der Waals surface area contributed by atoms with Crippen molar-refractivity contribution in [3.05, 3.63) is 17.9 Å². The Morgan fingerprint density at radius 2 is 2.05 bits per heavy atom. The summed E-state index contributed by atoms with van der Waals surface area (Å²) < 4.78 is 35.8. The number of hydrogen-bond acceptors (Lipinski definition) is 5. The Morgan fingerprint density at radius 1 is 1.40 bits per heavy atom. The van der Waals surface area contributed by atoms with Gasteiger partial charge in [-0.2, -0.15) is 4.31 Å². The molecule has 0 unspecified atom stereocenters. The van der Waals surface area contributed by atoms with Gasteiger partial charge in [0.05, 0.1) is 0 Å². The van der Waals surface area contributed by atoms with Crippen LogP contribution in [0, 0.1) is 5.92 Å². The minimum absolute atomic E-state index is 0.248. The first-order valence-corrected chi connectivity index (χ1v) is 7.72. The lowest BCUT2D eigenvalue weighted by atomic mass is 10.0. The molecule has 0 amide bonds. The zero-order valence-corrected chi connectivity index (χ0v) is 11.9. The largest absolute Gasteiger partial charge is 0.475 e. The average Bonchev–Trinajstić information content (AvgIpc) is 2.90. The SMILES string of the molecule is CN(CC1CCOCC1)S(=O)(=O)c1ccc(C(=O)O)o1. The van der Waals surface area contributed by atoms with E-state index in [9.17, 15) is 13.2 Å². The van der Waals surface area contributed by atoms with Crippen LogP contribution < -0.4 is 0 Å². The van der Waals surface area contributed by atoms with Crippen molar-refractivity contribution < 1.29 is 27.5 Å². The summed E-state index contributed by atoms with van der Waals surface area (Å²) in [6.45, 7) is 1.65. The van der Waals surface area contributed by atoms with Gasteiger partial charge in [-0.05, 0) is 30.9 Å². The number of carboxylic acids is 1. The van der Waals surface area contributed by atoms with Gasteiger partial charge in [0.25, 0.3) is 10.0 Å². The molecule has 1 aliphatic heterocycles. The van der Waals surface area contributed by atoms with Gasteiger partial charge in [-0.3, -0.25) is 0 Å². The van der Waals surface area contributed by atoms with Gasteiger partial charge < -0.3 is 14.3 Å². The van der Waals surface area contributed by atoms with Crippen molar-refractivity contribution in [1.82, 2.24) is 4.31 Å². The quantitative estimate of drug-likeness (QED) is 0.872. The predicted octanol–water partition coefficient (Wildman–Crippen LogP) is 1.02. The summed E-state index contributed by atoms with van der Waals surface area (Å²) in [5, 5.41) is 8.40. The molecule has 1 saturated heterocycles. The van der Waals surface area contributed by atoms with E-state index < -0.39 is 16.0 Å². The highest BCUT2D eigenvalue weighted by Gasteiger charge is 2.28. The van der Waals surface area contributed by atoms with Gasteiger partial charge >= 0.3 is 5.97 Å². The second-order valence-electron chi connectivity index (χ2n) is 4.77. The highest BCUT2D eigenvalue weighted by Crippen LogP contribution is 2.22. The van der Waals surface area contributed by atoms with Crippen molar-refractivity contribution in [2.45, 2.75) is 17.9 Å². The fourth-order valence-corrected chi connectivity index (χ4v) is 3.27. The first-order valence-electron chi connectivity index (χ1n) is 6.28. The Balaban J connectivity index is 2.09. The summed E-state index contributed by atoms with van der Waals surface area (Å²) in [7, 11) is -2.32. The number of rotatable bonds is 5. The molecular weight excluding hydrogens is 286 g/mol. The van der Waals surface area contributed by atoms with Gasteiger partial charge in [0.1, 0.15) is 0 Å². The second kappa shape index (κ2) is 5.94. The summed E-state index contributed by atoms with van der Waals surface area (Å²) in [5.74, 6) is -1.43. The van der Waals surface area contributed by atoms with Crippen molar-refractivity contribution in [1.29, 1.82) is 0 Å². The number of furan rings is 1. The number of carboxylic acid groups (broad SMARTS) is 1. The molecule has 0 radical (unpaired) electrons.